The second-order valence-corrected chi connectivity index (χ2v) is 5.60. The fourth-order valence-electron chi connectivity index (χ4n) is 2.84. The third kappa shape index (κ3) is 2.69. The molecule has 106 valence electrons. The molecule has 1 aliphatic carbocycles. The molecule has 1 heteroatoms. The minimum absolute atomic E-state index is 0.222. The summed E-state index contributed by atoms with van der Waals surface area (Å²) >= 11 is 0. The fourth-order valence-corrected chi connectivity index (χ4v) is 2.84. The average Bonchev–Trinajstić information content (AvgIpc) is 2.53. The SMILES string of the molecule is CCc1ccc(C2=Cc3ccc(CC)cc3CC2=O)cc1. The number of rotatable bonds is 3. The quantitative estimate of drug-likeness (QED) is 0.808. The number of carbonyl (C=O) groups excluding carboxylic acids is 1. The lowest BCUT2D eigenvalue weighted by Crippen LogP contribution is -2.12. The summed E-state index contributed by atoms with van der Waals surface area (Å²) in [5.41, 5.74) is 6.81. The second kappa shape index (κ2) is 5.69. The number of hydrogen-bond acceptors (Lipinski definition) is 1. The van der Waals surface area contributed by atoms with Gasteiger partial charge in [-0.25, -0.2) is 0 Å². The van der Waals surface area contributed by atoms with Gasteiger partial charge in [-0.15, -0.1) is 0 Å². The van der Waals surface area contributed by atoms with Gasteiger partial charge in [-0.3, -0.25) is 4.79 Å². The van der Waals surface area contributed by atoms with Gasteiger partial charge in [0.1, 0.15) is 0 Å². The first kappa shape index (κ1) is 13.8. The Bertz CT molecular complexity index is 705. The zero-order chi connectivity index (χ0) is 14.8. The van der Waals surface area contributed by atoms with E-state index in [1.165, 1.54) is 16.7 Å². The van der Waals surface area contributed by atoms with Gasteiger partial charge in [0, 0.05) is 12.0 Å². The maximum atomic E-state index is 12.4. The third-order valence-corrected chi connectivity index (χ3v) is 4.24. The van der Waals surface area contributed by atoms with Crippen LogP contribution in [-0.4, -0.2) is 5.78 Å². The van der Waals surface area contributed by atoms with Crippen molar-refractivity contribution in [3.63, 3.8) is 0 Å². The summed E-state index contributed by atoms with van der Waals surface area (Å²) in [4.78, 5) is 12.4. The first-order valence-corrected chi connectivity index (χ1v) is 7.67. The molecular weight excluding hydrogens is 256 g/mol. The van der Waals surface area contributed by atoms with Gasteiger partial charge in [0.25, 0.3) is 0 Å². The smallest absolute Gasteiger partial charge is 0.167 e. The van der Waals surface area contributed by atoms with Gasteiger partial charge >= 0.3 is 0 Å². The summed E-state index contributed by atoms with van der Waals surface area (Å²) < 4.78 is 0. The zero-order valence-corrected chi connectivity index (χ0v) is 12.6. The molecule has 0 radical (unpaired) electrons. The number of carbonyl (C=O) groups is 1. The Hall–Kier alpha value is -2.15. The molecule has 3 rings (SSSR count). The summed E-state index contributed by atoms with van der Waals surface area (Å²) in [6, 6.07) is 14.8. The van der Waals surface area contributed by atoms with Crippen molar-refractivity contribution in [2.45, 2.75) is 33.1 Å². The fraction of sp³-hybridized carbons (Fsp3) is 0.250. The van der Waals surface area contributed by atoms with Crippen LogP contribution in [0, 0.1) is 0 Å². The molecular formula is C20H20O. The van der Waals surface area contributed by atoms with Crippen LogP contribution in [0.25, 0.3) is 11.6 Å². The highest BCUT2D eigenvalue weighted by Crippen LogP contribution is 2.29. The van der Waals surface area contributed by atoms with E-state index in [-0.39, 0.29) is 5.78 Å². The lowest BCUT2D eigenvalue weighted by molar-refractivity contribution is -0.113. The number of aryl methyl sites for hydroxylation is 2. The van der Waals surface area contributed by atoms with Crippen LogP contribution in [0.2, 0.25) is 0 Å². The van der Waals surface area contributed by atoms with Crippen LogP contribution in [0.3, 0.4) is 0 Å². The van der Waals surface area contributed by atoms with Crippen LogP contribution >= 0.6 is 0 Å². The Morgan fingerprint density at radius 2 is 1.57 bits per heavy atom. The number of fused-ring (bicyclic) bond motifs is 1. The van der Waals surface area contributed by atoms with Gasteiger partial charge in [0.05, 0.1) is 0 Å². The van der Waals surface area contributed by atoms with Gasteiger partial charge < -0.3 is 0 Å². The van der Waals surface area contributed by atoms with Crippen LogP contribution < -0.4 is 0 Å². The van der Waals surface area contributed by atoms with E-state index < -0.39 is 0 Å². The molecule has 2 aromatic rings. The van der Waals surface area contributed by atoms with E-state index in [0.29, 0.717) is 6.42 Å². The summed E-state index contributed by atoms with van der Waals surface area (Å²) in [7, 11) is 0. The molecule has 0 bridgehead atoms. The first-order valence-electron chi connectivity index (χ1n) is 7.67. The predicted octanol–water partition coefficient (Wildman–Crippen LogP) is 4.48. The average molecular weight is 276 g/mol. The Morgan fingerprint density at radius 1 is 0.905 bits per heavy atom. The van der Waals surface area contributed by atoms with Crippen molar-refractivity contribution >= 4 is 17.4 Å². The van der Waals surface area contributed by atoms with Gasteiger partial charge in [-0.2, -0.15) is 0 Å². The molecule has 0 aliphatic heterocycles. The monoisotopic (exact) mass is 276 g/mol. The minimum Gasteiger partial charge on any atom is -0.294 e. The Kier molecular flexibility index (Phi) is 3.74. The predicted molar refractivity (Wildman–Crippen MR) is 88.2 cm³/mol. The van der Waals surface area contributed by atoms with E-state index >= 15 is 0 Å². The number of hydrogen-bond donors (Lipinski definition) is 0. The van der Waals surface area contributed by atoms with Crippen molar-refractivity contribution in [3.05, 3.63) is 70.3 Å². The zero-order valence-electron chi connectivity index (χ0n) is 12.6. The summed E-state index contributed by atoms with van der Waals surface area (Å²) in [6.45, 7) is 4.28. The number of Topliss-reactive ketones (excluding diaryl/α,β-unsaturated/α-hetero) is 1. The molecule has 0 unspecified atom stereocenters. The first-order chi connectivity index (χ1) is 10.2. The normalized spacial score (nSPS) is 13.8. The molecule has 0 saturated heterocycles. The van der Waals surface area contributed by atoms with Gasteiger partial charge in [0.15, 0.2) is 5.78 Å². The highest BCUT2D eigenvalue weighted by Gasteiger charge is 2.19. The van der Waals surface area contributed by atoms with E-state index in [1.807, 2.05) is 6.08 Å². The van der Waals surface area contributed by atoms with Crippen molar-refractivity contribution in [1.82, 2.24) is 0 Å². The van der Waals surface area contributed by atoms with Gasteiger partial charge in [-0.1, -0.05) is 56.3 Å². The standard InChI is InChI=1S/C20H20O/c1-3-14-5-8-16(9-6-14)19-12-17-10-7-15(4-2)11-18(17)13-20(19)21/h5-12H,3-4,13H2,1-2H3. The molecule has 0 amide bonds. The molecule has 0 atom stereocenters. The van der Waals surface area contributed by atoms with Gasteiger partial charge in [0.2, 0.25) is 0 Å². The molecule has 0 spiro atoms. The van der Waals surface area contributed by atoms with Gasteiger partial charge in [-0.05, 0) is 46.7 Å². The summed E-state index contributed by atoms with van der Waals surface area (Å²) in [5.74, 6) is 0.222. The highest BCUT2D eigenvalue weighted by molar-refractivity contribution is 6.27. The summed E-state index contributed by atoms with van der Waals surface area (Å²) in [5, 5.41) is 0. The Labute approximate surface area is 126 Å². The molecule has 2 aromatic carbocycles. The van der Waals surface area contributed by atoms with Crippen molar-refractivity contribution in [2.24, 2.45) is 0 Å². The Morgan fingerprint density at radius 3 is 2.24 bits per heavy atom. The third-order valence-electron chi connectivity index (χ3n) is 4.24. The number of benzene rings is 2. The number of ketones is 1. The molecule has 0 fully saturated rings. The van der Waals surface area contributed by atoms with Crippen molar-refractivity contribution in [2.75, 3.05) is 0 Å². The lowest BCUT2D eigenvalue weighted by atomic mass is 9.86. The van der Waals surface area contributed by atoms with Crippen LogP contribution in [-0.2, 0) is 24.1 Å². The van der Waals surface area contributed by atoms with E-state index in [4.69, 9.17) is 0 Å². The van der Waals surface area contributed by atoms with Crippen LogP contribution in [0.5, 0.6) is 0 Å². The number of allylic oxidation sites excluding steroid dienone is 1. The molecule has 21 heavy (non-hydrogen) atoms. The minimum atomic E-state index is 0.222. The summed E-state index contributed by atoms with van der Waals surface area (Å²) in [6.07, 6.45) is 4.60. The van der Waals surface area contributed by atoms with E-state index in [9.17, 15) is 4.79 Å². The van der Waals surface area contributed by atoms with Crippen molar-refractivity contribution < 1.29 is 4.79 Å². The van der Waals surface area contributed by atoms with Crippen LogP contribution in [0.1, 0.15) is 41.7 Å². The molecule has 1 nitrogen and oxygen atoms in total. The maximum Gasteiger partial charge on any atom is 0.167 e. The van der Waals surface area contributed by atoms with Crippen molar-refractivity contribution in [1.29, 1.82) is 0 Å². The molecule has 0 aromatic heterocycles. The molecule has 1 aliphatic rings. The maximum absolute atomic E-state index is 12.4. The lowest BCUT2D eigenvalue weighted by Gasteiger charge is -2.17. The Balaban J connectivity index is 2.01. The highest BCUT2D eigenvalue weighted by atomic mass is 16.1. The topological polar surface area (TPSA) is 17.1 Å². The largest absolute Gasteiger partial charge is 0.294 e. The van der Waals surface area contributed by atoms with E-state index in [2.05, 4.69) is 56.3 Å². The van der Waals surface area contributed by atoms with Crippen LogP contribution in [0.4, 0.5) is 0 Å². The molecule has 0 heterocycles. The second-order valence-electron chi connectivity index (χ2n) is 5.60. The van der Waals surface area contributed by atoms with E-state index in [1.54, 1.807) is 0 Å². The van der Waals surface area contributed by atoms with Crippen LogP contribution in [0.15, 0.2) is 42.5 Å². The van der Waals surface area contributed by atoms with E-state index in [0.717, 1.165) is 29.5 Å². The molecule has 0 saturated carbocycles. The van der Waals surface area contributed by atoms with Crippen molar-refractivity contribution in [3.8, 4) is 0 Å². The molecule has 0 N–H and O–H groups in total.